The van der Waals surface area contributed by atoms with Crippen LogP contribution in [0.25, 0.3) is 10.9 Å². The molecule has 1 amide bonds. The van der Waals surface area contributed by atoms with Crippen LogP contribution >= 0.6 is 0 Å². The fourth-order valence-electron chi connectivity index (χ4n) is 2.46. The lowest BCUT2D eigenvalue weighted by atomic mass is 10.2. The van der Waals surface area contributed by atoms with Crippen LogP contribution in [0, 0.1) is 0 Å². The molecule has 7 heteroatoms. The van der Waals surface area contributed by atoms with Crippen LogP contribution in [-0.4, -0.2) is 35.0 Å². The highest BCUT2D eigenvalue weighted by Crippen LogP contribution is 2.17. The van der Waals surface area contributed by atoms with Gasteiger partial charge in [-0.3, -0.25) is 9.59 Å². The zero-order valence-electron chi connectivity index (χ0n) is 14.3. The molecule has 0 aliphatic carbocycles. The van der Waals surface area contributed by atoms with E-state index in [1.165, 1.54) is 0 Å². The van der Waals surface area contributed by atoms with Gasteiger partial charge in [0.25, 0.3) is 5.56 Å². The number of carbonyl (C=O) groups excluding carboxylic acids is 1. The smallest absolute Gasteiger partial charge is 0.278 e. The Morgan fingerprint density at radius 1 is 1.12 bits per heavy atom. The summed E-state index contributed by atoms with van der Waals surface area (Å²) in [6.45, 7) is 1.62. The van der Waals surface area contributed by atoms with Gasteiger partial charge in [0.05, 0.1) is 5.39 Å². The summed E-state index contributed by atoms with van der Waals surface area (Å²) >= 11 is 0. The number of benzene rings is 2. The molecule has 0 spiro atoms. The van der Waals surface area contributed by atoms with Crippen LogP contribution in [0.1, 0.15) is 13.0 Å². The molecule has 0 fully saturated rings. The van der Waals surface area contributed by atoms with Gasteiger partial charge in [0.2, 0.25) is 5.91 Å². The second-order valence-electron chi connectivity index (χ2n) is 5.96. The topological polar surface area (TPSA) is 80.1 Å². The van der Waals surface area contributed by atoms with Gasteiger partial charge in [-0.2, -0.15) is 4.68 Å². The third-order valence-corrected chi connectivity index (χ3v) is 3.99. The summed E-state index contributed by atoms with van der Waals surface area (Å²) in [6, 6.07) is 13.6. The molecule has 0 saturated heterocycles. The standard InChI is InChI=1S/C18H19N5O2/c1-12(17(24)19-13-8-10-14(11-9-13)22(2)3)23-18(25)15-6-4-5-7-16(15)20-21-23/h4-12H,1-3H3,(H,19,24). The van der Waals surface area contributed by atoms with Crippen LogP contribution in [0.15, 0.2) is 53.3 Å². The fraction of sp³-hybridized carbons (Fsp3) is 0.222. The van der Waals surface area contributed by atoms with Crippen molar-refractivity contribution in [1.82, 2.24) is 15.0 Å². The van der Waals surface area contributed by atoms with Gasteiger partial charge >= 0.3 is 0 Å². The van der Waals surface area contributed by atoms with Crippen molar-refractivity contribution in [3.8, 4) is 0 Å². The van der Waals surface area contributed by atoms with Gasteiger partial charge < -0.3 is 10.2 Å². The highest BCUT2D eigenvalue weighted by molar-refractivity contribution is 5.93. The van der Waals surface area contributed by atoms with Crippen LogP contribution in [0.3, 0.4) is 0 Å². The first-order valence-corrected chi connectivity index (χ1v) is 7.90. The number of rotatable bonds is 4. The molecule has 0 saturated carbocycles. The van der Waals surface area contributed by atoms with Crippen LogP contribution in [0.2, 0.25) is 0 Å². The van der Waals surface area contributed by atoms with Gasteiger partial charge in [-0.15, -0.1) is 5.10 Å². The molecule has 1 heterocycles. The molecular weight excluding hydrogens is 318 g/mol. The number of fused-ring (bicyclic) bond motifs is 1. The Hall–Kier alpha value is -3.22. The zero-order chi connectivity index (χ0) is 18.0. The van der Waals surface area contributed by atoms with E-state index >= 15 is 0 Å². The predicted molar refractivity (Wildman–Crippen MR) is 97.9 cm³/mol. The summed E-state index contributed by atoms with van der Waals surface area (Å²) < 4.78 is 1.10. The molecule has 1 N–H and O–H groups in total. The van der Waals surface area contributed by atoms with Crippen molar-refractivity contribution in [2.24, 2.45) is 0 Å². The maximum absolute atomic E-state index is 12.5. The summed E-state index contributed by atoms with van der Waals surface area (Å²) in [5.41, 5.74) is 1.86. The van der Waals surface area contributed by atoms with E-state index in [0.717, 1.165) is 10.4 Å². The lowest BCUT2D eigenvalue weighted by molar-refractivity contribution is -0.119. The molecule has 128 valence electrons. The molecule has 7 nitrogen and oxygen atoms in total. The van der Waals surface area contributed by atoms with Crippen LogP contribution in [-0.2, 0) is 4.79 Å². The highest BCUT2D eigenvalue weighted by atomic mass is 16.2. The third kappa shape index (κ3) is 3.35. The molecule has 0 bridgehead atoms. The van der Waals surface area contributed by atoms with Crippen LogP contribution in [0.5, 0.6) is 0 Å². The Bertz CT molecular complexity index is 963. The normalized spacial score (nSPS) is 12.0. The number of hydrogen-bond acceptors (Lipinski definition) is 5. The fourth-order valence-corrected chi connectivity index (χ4v) is 2.46. The molecule has 1 atom stereocenters. The monoisotopic (exact) mass is 337 g/mol. The predicted octanol–water partition coefficient (Wildman–Crippen LogP) is 2.06. The molecule has 3 rings (SSSR count). The van der Waals surface area contributed by atoms with E-state index in [1.54, 1.807) is 31.2 Å². The average molecular weight is 337 g/mol. The summed E-state index contributed by atoms with van der Waals surface area (Å²) in [6.07, 6.45) is 0. The minimum absolute atomic E-state index is 0.329. The lowest BCUT2D eigenvalue weighted by Gasteiger charge is -2.15. The molecule has 3 aromatic rings. The third-order valence-electron chi connectivity index (χ3n) is 3.99. The summed E-state index contributed by atoms with van der Waals surface area (Å²) in [5.74, 6) is -0.329. The largest absolute Gasteiger partial charge is 0.378 e. The van der Waals surface area contributed by atoms with Crippen molar-refractivity contribution in [3.05, 3.63) is 58.9 Å². The molecule has 0 radical (unpaired) electrons. The molecule has 1 unspecified atom stereocenters. The van der Waals surface area contributed by atoms with Crippen molar-refractivity contribution < 1.29 is 4.79 Å². The number of hydrogen-bond donors (Lipinski definition) is 1. The first-order valence-electron chi connectivity index (χ1n) is 7.90. The summed E-state index contributed by atoms with van der Waals surface area (Å²) in [7, 11) is 3.89. The minimum Gasteiger partial charge on any atom is -0.378 e. The van der Waals surface area contributed by atoms with E-state index in [0.29, 0.717) is 16.6 Å². The molecule has 2 aromatic carbocycles. The summed E-state index contributed by atoms with van der Waals surface area (Å²) in [5, 5.41) is 11.1. The maximum Gasteiger partial charge on any atom is 0.278 e. The number of nitrogens with one attached hydrogen (secondary N) is 1. The van der Waals surface area contributed by atoms with E-state index in [9.17, 15) is 9.59 Å². The quantitative estimate of drug-likeness (QED) is 0.788. The Labute approximate surface area is 144 Å². The highest BCUT2D eigenvalue weighted by Gasteiger charge is 2.19. The van der Waals surface area contributed by atoms with E-state index in [2.05, 4.69) is 15.6 Å². The summed E-state index contributed by atoms with van der Waals surface area (Å²) in [4.78, 5) is 27.0. The Kier molecular flexibility index (Phi) is 4.47. The Morgan fingerprint density at radius 2 is 1.80 bits per heavy atom. The van der Waals surface area contributed by atoms with Crippen molar-refractivity contribution >= 4 is 28.2 Å². The molecule has 25 heavy (non-hydrogen) atoms. The van der Waals surface area contributed by atoms with Gasteiger partial charge in [0.1, 0.15) is 11.6 Å². The van der Waals surface area contributed by atoms with E-state index in [-0.39, 0.29) is 11.5 Å². The zero-order valence-corrected chi connectivity index (χ0v) is 14.3. The van der Waals surface area contributed by atoms with Crippen molar-refractivity contribution in [1.29, 1.82) is 0 Å². The van der Waals surface area contributed by atoms with E-state index in [4.69, 9.17) is 0 Å². The van der Waals surface area contributed by atoms with Crippen molar-refractivity contribution in [2.75, 3.05) is 24.3 Å². The number of nitrogens with zero attached hydrogens (tertiary/aromatic N) is 4. The molecule has 0 aliphatic heterocycles. The van der Waals surface area contributed by atoms with E-state index < -0.39 is 6.04 Å². The van der Waals surface area contributed by atoms with Gasteiger partial charge in [-0.25, -0.2) is 0 Å². The molecule has 0 aliphatic rings. The van der Waals surface area contributed by atoms with Crippen LogP contribution in [0.4, 0.5) is 11.4 Å². The molecular formula is C18H19N5O2. The van der Waals surface area contributed by atoms with Gasteiger partial charge in [0, 0.05) is 25.5 Å². The first-order chi connectivity index (χ1) is 12.0. The minimum atomic E-state index is -0.780. The second kappa shape index (κ2) is 6.72. The lowest BCUT2D eigenvalue weighted by Crippen LogP contribution is -2.34. The van der Waals surface area contributed by atoms with E-state index in [1.807, 2.05) is 43.3 Å². The SMILES string of the molecule is CC(C(=O)Nc1ccc(N(C)C)cc1)n1nnc2ccccc2c1=O. The Morgan fingerprint density at radius 3 is 2.48 bits per heavy atom. The van der Waals surface area contributed by atoms with Gasteiger partial charge in [-0.05, 0) is 43.3 Å². The van der Waals surface area contributed by atoms with Crippen LogP contribution < -0.4 is 15.8 Å². The number of anilines is 2. The Balaban J connectivity index is 1.83. The van der Waals surface area contributed by atoms with Crippen molar-refractivity contribution in [3.63, 3.8) is 0 Å². The van der Waals surface area contributed by atoms with Crippen molar-refractivity contribution in [2.45, 2.75) is 13.0 Å². The number of amides is 1. The van der Waals surface area contributed by atoms with Gasteiger partial charge in [0.15, 0.2) is 0 Å². The number of carbonyl (C=O) groups is 1. The van der Waals surface area contributed by atoms with Gasteiger partial charge in [-0.1, -0.05) is 17.3 Å². The molecule has 1 aromatic heterocycles. The first kappa shape index (κ1) is 16.6. The maximum atomic E-state index is 12.5. The average Bonchev–Trinajstić information content (AvgIpc) is 2.62. The second-order valence-corrected chi connectivity index (χ2v) is 5.96. The number of aromatic nitrogens is 3.